The van der Waals surface area contributed by atoms with E-state index < -0.39 is 32.9 Å². The number of benzene rings is 5. The Labute approximate surface area is 404 Å². The fourth-order valence-electron chi connectivity index (χ4n) is 8.40. The van der Waals surface area contributed by atoms with Crippen molar-refractivity contribution >= 4 is 73.1 Å². The van der Waals surface area contributed by atoms with Crippen molar-refractivity contribution in [2.45, 2.75) is 48.1 Å². The van der Waals surface area contributed by atoms with Crippen LogP contribution in [-0.4, -0.2) is 112 Å². The molecule has 0 saturated carbocycles. The number of likely N-dealkylation sites (tertiary alicyclic amines) is 1. The molecule has 1 unspecified atom stereocenters. The maximum Gasteiger partial charge on any atom is 0.272 e. The number of aryl methyl sites for hydroxylation is 1. The van der Waals surface area contributed by atoms with Crippen molar-refractivity contribution in [3.05, 3.63) is 144 Å². The standard InChI is InChI=1S/C49H55ClN8O6S3/c1-35-30-45(18-19-46(35)53-39(32-65-44-8-3-2-4-9-44)20-23-55-24-21-43(59)22-25-55)67(63,64)54-38-12-16-40(17-13-38)56-26-28-57(29-27-56)42-7-5-6-36(31-42)48-47(49(60)52-34-66(61)62)51-33-58(48)41-14-10-37(50)11-15-41/h2-19,30-31,33,39,43,53-54,59H,20-29,32,34H2,1H3,(H,52,60)(H,61,62)/t39-/m1/s1. The van der Waals surface area contributed by atoms with Gasteiger partial charge in [0.15, 0.2) is 16.8 Å². The second-order valence-electron chi connectivity index (χ2n) is 16.7. The number of carbonyl (C=O) groups excluding carboxylic acids is 1. The lowest BCUT2D eigenvalue weighted by molar-refractivity contribution is 0.0817. The summed E-state index contributed by atoms with van der Waals surface area (Å²) < 4.78 is 52.6. The van der Waals surface area contributed by atoms with Crippen LogP contribution in [0.15, 0.2) is 137 Å². The molecule has 0 aliphatic carbocycles. The molecule has 1 amide bonds. The largest absolute Gasteiger partial charge is 0.393 e. The summed E-state index contributed by atoms with van der Waals surface area (Å²) >= 11 is 5.75. The highest BCUT2D eigenvalue weighted by atomic mass is 35.5. The smallest absolute Gasteiger partial charge is 0.272 e. The van der Waals surface area contributed by atoms with Crippen LogP contribution in [0.1, 0.15) is 35.3 Å². The molecule has 14 nitrogen and oxygen atoms in total. The van der Waals surface area contributed by atoms with Gasteiger partial charge < -0.3 is 35.0 Å². The van der Waals surface area contributed by atoms with Crippen molar-refractivity contribution in [3.8, 4) is 16.9 Å². The van der Waals surface area contributed by atoms with Gasteiger partial charge in [-0.05, 0) is 123 Å². The van der Waals surface area contributed by atoms with Crippen LogP contribution in [0.25, 0.3) is 16.9 Å². The molecule has 2 fully saturated rings. The number of nitrogens with one attached hydrogen (secondary N) is 3. The number of sulfonamides is 1. The lowest BCUT2D eigenvalue weighted by Crippen LogP contribution is -2.46. The van der Waals surface area contributed by atoms with Crippen LogP contribution in [-0.2, 0) is 21.1 Å². The topological polar surface area (TPSA) is 172 Å². The molecular formula is C49H55ClN8O6S3. The number of carbonyl (C=O) groups is 1. The van der Waals surface area contributed by atoms with Crippen molar-refractivity contribution in [1.82, 2.24) is 19.8 Å². The lowest BCUT2D eigenvalue weighted by atomic mass is 10.1. The SMILES string of the molecule is Cc1cc(S(=O)(=O)Nc2ccc(N3CCN(c4cccc(-c5c(C(=O)NCS(=O)O)ncn5-c5ccc(Cl)cc5)c4)CC3)cc2)ccc1N[C@H](CCN1CCC(O)CC1)CSc1ccccc1. The molecule has 0 spiro atoms. The molecule has 2 atom stereocenters. The number of hydrogen-bond donors (Lipinski definition) is 5. The number of anilines is 4. The van der Waals surface area contributed by atoms with Crippen LogP contribution in [0.3, 0.4) is 0 Å². The zero-order valence-corrected chi connectivity index (χ0v) is 40.3. The van der Waals surface area contributed by atoms with Crippen LogP contribution < -0.4 is 25.2 Å². The van der Waals surface area contributed by atoms with Crippen molar-refractivity contribution in [3.63, 3.8) is 0 Å². The van der Waals surface area contributed by atoms with Crippen LogP contribution in [0.5, 0.6) is 0 Å². The molecule has 2 aliphatic rings. The molecule has 6 aromatic rings. The lowest BCUT2D eigenvalue weighted by Gasteiger charge is -2.37. The monoisotopic (exact) mass is 982 g/mol. The highest BCUT2D eigenvalue weighted by Crippen LogP contribution is 2.32. The van der Waals surface area contributed by atoms with Gasteiger partial charge in [0.2, 0.25) is 0 Å². The first-order chi connectivity index (χ1) is 32.4. The van der Waals surface area contributed by atoms with Crippen molar-refractivity contribution in [2.75, 3.05) is 77.3 Å². The van der Waals surface area contributed by atoms with Crippen molar-refractivity contribution in [1.29, 1.82) is 0 Å². The fourth-order valence-corrected chi connectivity index (χ4v) is 10.9. The Morgan fingerprint density at radius 1 is 0.851 bits per heavy atom. The van der Waals surface area contributed by atoms with Crippen molar-refractivity contribution < 1.29 is 27.1 Å². The summed E-state index contributed by atoms with van der Waals surface area (Å²) in [5, 5.41) is 16.8. The zero-order valence-electron chi connectivity index (χ0n) is 37.1. The first-order valence-corrected chi connectivity index (χ1v) is 26.4. The Morgan fingerprint density at radius 2 is 1.54 bits per heavy atom. The predicted octanol–water partition coefficient (Wildman–Crippen LogP) is 7.96. The molecule has 2 aliphatic heterocycles. The molecule has 0 radical (unpaired) electrons. The van der Waals surface area contributed by atoms with E-state index >= 15 is 0 Å². The molecule has 18 heteroatoms. The minimum atomic E-state index is -3.87. The van der Waals surface area contributed by atoms with E-state index in [4.69, 9.17) is 11.6 Å². The number of halogens is 1. The highest BCUT2D eigenvalue weighted by Gasteiger charge is 2.25. The number of rotatable bonds is 18. The third-order valence-corrected chi connectivity index (χ3v) is 15.3. The summed E-state index contributed by atoms with van der Waals surface area (Å²) in [6.07, 6.45) is 3.87. The van der Waals surface area contributed by atoms with Gasteiger partial charge in [0, 0.05) is 102 Å². The van der Waals surface area contributed by atoms with Gasteiger partial charge in [-0.25, -0.2) is 17.6 Å². The molecule has 0 bridgehead atoms. The second-order valence-corrected chi connectivity index (χ2v) is 20.9. The minimum absolute atomic E-state index is 0.120. The average Bonchev–Trinajstić information content (AvgIpc) is 3.79. The van der Waals surface area contributed by atoms with E-state index in [1.54, 1.807) is 59.1 Å². The molecular weight excluding hydrogens is 928 g/mol. The Morgan fingerprint density at radius 3 is 2.22 bits per heavy atom. The van der Waals surface area contributed by atoms with E-state index in [0.29, 0.717) is 29.5 Å². The number of imidazole rings is 1. The molecule has 3 heterocycles. The summed E-state index contributed by atoms with van der Waals surface area (Å²) in [6.45, 7) is 7.51. The van der Waals surface area contributed by atoms with Crippen LogP contribution in [0.2, 0.25) is 5.02 Å². The first kappa shape index (κ1) is 48.1. The second kappa shape index (κ2) is 22.1. The molecule has 8 rings (SSSR count). The van der Waals surface area contributed by atoms with E-state index in [1.807, 2.05) is 79.7 Å². The average molecular weight is 984 g/mol. The highest BCUT2D eigenvalue weighted by molar-refractivity contribution is 7.99. The summed E-state index contributed by atoms with van der Waals surface area (Å²) in [5.74, 6) is -0.141. The van der Waals surface area contributed by atoms with Gasteiger partial charge in [-0.2, -0.15) is 0 Å². The number of nitrogens with zero attached hydrogens (tertiary/aromatic N) is 5. The first-order valence-electron chi connectivity index (χ1n) is 22.3. The van der Waals surface area contributed by atoms with Gasteiger partial charge in [-0.3, -0.25) is 14.1 Å². The number of piperidine rings is 1. The maximum atomic E-state index is 13.7. The third-order valence-electron chi connectivity index (χ3n) is 12.1. The van der Waals surface area contributed by atoms with Gasteiger partial charge in [-0.1, -0.05) is 41.9 Å². The number of aliphatic hydroxyl groups excluding tert-OH is 1. The normalized spacial score (nSPS) is 15.8. The molecule has 5 aromatic carbocycles. The van der Waals surface area contributed by atoms with E-state index in [2.05, 4.69) is 47.2 Å². The van der Waals surface area contributed by atoms with E-state index in [-0.39, 0.29) is 22.7 Å². The minimum Gasteiger partial charge on any atom is -0.393 e. The van der Waals surface area contributed by atoms with Gasteiger partial charge in [0.25, 0.3) is 15.9 Å². The van der Waals surface area contributed by atoms with Gasteiger partial charge in [0.05, 0.1) is 16.7 Å². The van der Waals surface area contributed by atoms with Gasteiger partial charge in [-0.15, -0.1) is 11.8 Å². The number of thioether (sulfide) groups is 1. The predicted molar refractivity (Wildman–Crippen MR) is 271 cm³/mol. The Bertz CT molecular complexity index is 2750. The number of piperazine rings is 1. The van der Waals surface area contributed by atoms with Crippen LogP contribution in [0.4, 0.5) is 22.7 Å². The summed E-state index contributed by atoms with van der Waals surface area (Å²) in [4.78, 5) is 26.0. The third kappa shape index (κ3) is 12.6. The molecule has 5 N–H and O–H groups in total. The zero-order chi connectivity index (χ0) is 46.9. The number of amides is 1. The molecule has 1 aromatic heterocycles. The van der Waals surface area contributed by atoms with Gasteiger partial charge >= 0.3 is 0 Å². The molecule has 352 valence electrons. The van der Waals surface area contributed by atoms with Crippen molar-refractivity contribution in [2.24, 2.45) is 0 Å². The van der Waals surface area contributed by atoms with E-state index in [1.165, 1.54) is 4.90 Å². The molecule has 67 heavy (non-hydrogen) atoms. The maximum absolute atomic E-state index is 13.7. The Hall–Kier alpha value is -5.40. The Kier molecular flexibility index (Phi) is 15.9. The van der Waals surface area contributed by atoms with Crippen LogP contribution in [0, 0.1) is 6.92 Å². The summed E-state index contributed by atoms with van der Waals surface area (Å²) in [6, 6.07) is 38.2. The van der Waals surface area contributed by atoms with E-state index in [9.17, 15) is 27.1 Å². The summed E-state index contributed by atoms with van der Waals surface area (Å²) in [5.41, 5.74) is 6.29. The van der Waals surface area contributed by atoms with Crippen LogP contribution >= 0.6 is 23.4 Å². The van der Waals surface area contributed by atoms with E-state index in [0.717, 1.165) is 91.6 Å². The molecule has 2 saturated heterocycles. The summed E-state index contributed by atoms with van der Waals surface area (Å²) in [7, 11) is -3.87. The van der Waals surface area contributed by atoms with Gasteiger partial charge in [0.1, 0.15) is 12.2 Å². The quantitative estimate of drug-likeness (QED) is 0.0417. The Balaban J connectivity index is 0.889. The number of aromatic nitrogens is 2. The number of aliphatic hydroxyl groups is 1. The fraction of sp³-hybridized carbons (Fsp3) is 0.306. The number of hydrogen-bond acceptors (Lipinski definition) is 11.